The summed E-state index contributed by atoms with van der Waals surface area (Å²) in [7, 11) is 3.46. The summed E-state index contributed by atoms with van der Waals surface area (Å²) in [5.41, 5.74) is 1.83. The van der Waals surface area contributed by atoms with Crippen molar-refractivity contribution in [3.05, 3.63) is 41.9 Å². The molecule has 0 fully saturated rings. The van der Waals surface area contributed by atoms with Crippen LogP contribution >= 0.6 is 0 Å². The Morgan fingerprint density at radius 3 is 3.07 bits per heavy atom. The molecule has 3 heterocycles. The molecule has 3 aromatic rings. The van der Waals surface area contributed by atoms with Crippen molar-refractivity contribution in [1.29, 1.82) is 0 Å². The van der Waals surface area contributed by atoms with Crippen LogP contribution in [0.3, 0.4) is 0 Å². The Morgan fingerprint density at radius 2 is 2.22 bits per heavy atom. The minimum atomic E-state index is -0.296. The maximum atomic E-state index is 13.2. The third-order valence-electron chi connectivity index (χ3n) is 5.11. The highest BCUT2D eigenvalue weighted by Gasteiger charge is 2.30. The van der Waals surface area contributed by atoms with E-state index in [1.54, 1.807) is 22.9 Å². The molecule has 1 aromatic carbocycles. The Balaban J connectivity index is 1.61. The molecule has 2 aromatic heterocycles. The van der Waals surface area contributed by atoms with E-state index in [4.69, 9.17) is 4.74 Å². The van der Waals surface area contributed by atoms with Gasteiger partial charge in [-0.25, -0.2) is 4.68 Å². The lowest BCUT2D eigenvalue weighted by Crippen LogP contribution is -2.32. The average molecular weight is 366 g/mol. The molecule has 1 aliphatic rings. The number of hydrogen-bond acceptors (Lipinski definition) is 6. The molecular formula is C19H22N6O2. The first kappa shape index (κ1) is 17.4. The van der Waals surface area contributed by atoms with Crippen LogP contribution in [0, 0.1) is 0 Å². The third kappa shape index (κ3) is 3.22. The van der Waals surface area contributed by atoms with Crippen LogP contribution in [0.2, 0.25) is 0 Å². The molecule has 8 heteroatoms. The summed E-state index contributed by atoms with van der Waals surface area (Å²) in [4.78, 5) is 19.3. The van der Waals surface area contributed by atoms with E-state index in [1.807, 2.05) is 31.3 Å². The molecule has 0 aliphatic carbocycles. The number of ether oxygens (including phenoxy) is 1. The fourth-order valence-electron chi connectivity index (χ4n) is 3.70. The van der Waals surface area contributed by atoms with Gasteiger partial charge < -0.3 is 9.64 Å². The molecule has 1 amide bonds. The van der Waals surface area contributed by atoms with Gasteiger partial charge in [0.15, 0.2) is 5.82 Å². The first-order valence-corrected chi connectivity index (χ1v) is 9.10. The van der Waals surface area contributed by atoms with Gasteiger partial charge in [-0.05, 0) is 41.0 Å². The quantitative estimate of drug-likeness (QED) is 0.703. The van der Waals surface area contributed by atoms with Crippen LogP contribution in [0.25, 0.3) is 10.9 Å². The molecule has 1 atom stereocenters. The van der Waals surface area contributed by atoms with Crippen LogP contribution in [-0.2, 0) is 17.9 Å². The zero-order chi connectivity index (χ0) is 18.8. The van der Waals surface area contributed by atoms with Gasteiger partial charge in [-0.2, -0.15) is 0 Å². The summed E-state index contributed by atoms with van der Waals surface area (Å²) < 4.78 is 7.17. The molecular weight excluding hydrogens is 344 g/mol. The number of aromatic nitrogens is 5. The summed E-state index contributed by atoms with van der Waals surface area (Å²) in [6.07, 6.45) is 4.48. The number of carbonyl (C=O) groups excluding carboxylic acids is 1. The molecule has 0 bridgehead atoms. The van der Waals surface area contributed by atoms with Crippen molar-refractivity contribution >= 4 is 16.8 Å². The first-order chi connectivity index (χ1) is 13.2. The summed E-state index contributed by atoms with van der Waals surface area (Å²) >= 11 is 0. The Hall–Kier alpha value is -3.03. The first-order valence-electron chi connectivity index (χ1n) is 9.10. The van der Waals surface area contributed by atoms with E-state index >= 15 is 0 Å². The minimum Gasteiger partial charge on any atom is -0.494 e. The number of nitrogens with zero attached hydrogens (tertiary/aromatic N) is 6. The van der Waals surface area contributed by atoms with Crippen LogP contribution < -0.4 is 4.74 Å². The van der Waals surface area contributed by atoms with Crippen LogP contribution in [0.1, 0.15) is 36.6 Å². The van der Waals surface area contributed by atoms with Crippen molar-refractivity contribution in [3.8, 4) is 5.75 Å². The second-order valence-electron chi connectivity index (χ2n) is 6.83. The van der Waals surface area contributed by atoms with Gasteiger partial charge in [0, 0.05) is 31.7 Å². The van der Waals surface area contributed by atoms with E-state index in [-0.39, 0.29) is 11.8 Å². The lowest BCUT2D eigenvalue weighted by atomic mass is 10.00. The van der Waals surface area contributed by atoms with E-state index in [0.29, 0.717) is 12.4 Å². The van der Waals surface area contributed by atoms with Crippen molar-refractivity contribution < 1.29 is 9.53 Å². The zero-order valence-electron chi connectivity index (χ0n) is 15.5. The highest BCUT2D eigenvalue weighted by molar-refractivity contribution is 5.88. The maximum absolute atomic E-state index is 13.2. The summed E-state index contributed by atoms with van der Waals surface area (Å²) in [5, 5.41) is 12.9. The molecule has 1 unspecified atom stereocenters. The minimum absolute atomic E-state index is 0.0424. The Labute approximate surface area is 157 Å². The third-order valence-corrected chi connectivity index (χ3v) is 5.11. The van der Waals surface area contributed by atoms with Crippen molar-refractivity contribution in [2.24, 2.45) is 0 Å². The van der Waals surface area contributed by atoms with Gasteiger partial charge in [-0.1, -0.05) is 18.6 Å². The predicted octanol–water partition coefficient (Wildman–Crippen LogP) is 2.16. The number of tetrazole rings is 1. The normalized spacial score (nSPS) is 16.6. The monoisotopic (exact) mass is 366 g/mol. The van der Waals surface area contributed by atoms with Crippen molar-refractivity contribution in [2.45, 2.75) is 38.3 Å². The van der Waals surface area contributed by atoms with Crippen LogP contribution in [0.4, 0.5) is 0 Å². The predicted molar refractivity (Wildman–Crippen MR) is 99.2 cm³/mol. The lowest BCUT2D eigenvalue weighted by molar-refractivity contribution is -0.132. The van der Waals surface area contributed by atoms with E-state index in [0.717, 1.165) is 48.0 Å². The lowest BCUT2D eigenvalue weighted by Gasteiger charge is -2.23. The number of aryl methyl sites for hydroxylation is 1. The number of carbonyl (C=O) groups is 1. The van der Waals surface area contributed by atoms with E-state index in [1.165, 1.54) is 0 Å². The summed E-state index contributed by atoms with van der Waals surface area (Å²) in [6, 6.07) is 7.79. The van der Waals surface area contributed by atoms with Crippen molar-refractivity contribution in [2.75, 3.05) is 14.2 Å². The SMILES string of the molecule is COc1ccc(CN(C)C(=O)C2CCCCn3nnnc32)c2cccnc12. The molecule has 0 saturated heterocycles. The van der Waals surface area contributed by atoms with Gasteiger partial charge in [0.1, 0.15) is 11.3 Å². The van der Waals surface area contributed by atoms with Gasteiger partial charge in [0.05, 0.1) is 13.0 Å². The van der Waals surface area contributed by atoms with Crippen LogP contribution in [0.5, 0.6) is 5.75 Å². The smallest absolute Gasteiger partial charge is 0.233 e. The number of methoxy groups -OCH3 is 1. The largest absolute Gasteiger partial charge is 0.494 e. The number of hydrogen-bond donors (Lipinski definition) is 0. The molecule has 0 saturated carbocycles. The molecule has 0 N–H and O–H groups in total. The van der Waals surface area contributed by atoms with E-state index in [9.17, 15) is 4.79 Å². The second-order valence-corrected chi connectivity index (χ2v) is 6.83. The second kappa shape index (κ2) is 7.30. The summed E-state index contributed by atoms with van der Waals surface area (Å²) in [6.45, 7) is 1.26. The van der Waals surface area contributed by atoms with Gasteiger partial charge in [0.2, 0.25) is 5.91 Å². The van der Waals surface area contributed by atoms with Crippen LogP contribution in [0.15, 0.2) is 30.5 Å². The molecule has 4 rings (SSSR count). The molecule has 8 nitrogen and oxygen atoms in total. The van der Waals surface area contributed by atoms with Crippen molar-refractivity contribution in [3.63, 3.8) is 0 Å². The zero-order valence-corrected chi connectivity index (χ0v) is 15.5. The average Bonchev–Trinajstić information content (AvgIpc) is 3.07. The Morgan fingerprint density at radius 1 is 1.33 bits per heavy atom. The van der Waals surface area contributed by atoms with Crippen molar-refractivity contribution in [1.82, 2.24) is 30.1 Å². The van der Waals surface area contributed by atoms with Gasteiger partial charge in [0.25, 0.3) is 0 Å². The number of fused-ring (bicyclic) bond motifs is 2. The molecule has 27 heavy (non-hydrogen) atoms. The standard InChI is InChI=1S/C19H22N6O2/c1-24(19(26)15-6-3-4-11-25-18(15)21-22-23-25)12-13-8-9-16(27-2)17-14(13)7-5-10-20-17/h5,7-10,15H,3-4,6,11-12H2,1-2H3. The van der Waals surface area contributed by atoms with E-state index in [2.05, 4.69) is 20.5 Å². The van der Waals surface area contributed by atoms with Gasteiger partial charge in [-0.15, -0.1) is 5.10 Å². The summed E-state index contributed by atoms with van der Waals surface area (Å²) in [5.74, 6) is 1.15. The number of rotatable bonds is 4. The number of benzene rings is 1. The highest BCUT2D eigenvalue weighted by Crippen LogP contribution is 2.29. The maximum Gasteiger partial charge on any atom is 0.233 e. The molecule has 0 spiro atoms. The molecule has 140 valence electrons. The van der Waals surface area contributed by atoms with Gasteiger partial charge in [-0.3, -0.25) is 9.78 Å². The van der Waals surface area contributed by atoms with Crippen LogP contribution in [-0.4, -0.2) is 50.2 Å². The number of pyridine rings is 1. The van der Waals surface area contributed by atoms with E-state index < -0.39 is 0 Å². The molecule has 1 aliphatic heterocycles. The Kier molecular flexibility index (Phi) is 4.70. The van der Waals surface area contributed by atoms with Gasteiger partial charge >= 0.3 is 0 Å². The topological polar surface area (TPSA) is 86.0 Å². The highest BCUT2D eigenvalue weighted by atomic mass is 16.5. The fraction of sp³-hybridized carbons (Fsp3) is 0.421. The molecule has 0 radical (unpaired) electrons. The Bertz CT molecular complexity index is 970. The fourth-order valence-corrected chi connectivity index (χ4v) is 3.70. The number of amides is 1. The number of likely N-dealkylation sites (N-methyl/N-ethyl adjacent to an activating group) is 1.